The number of carbonyl (C=O) groups is 2. The van der Waals surface area contributed by atoms with E-state index in [4.69, 9.17) is 4.74 Å². The second-order valence-corrected chi connectivity index (χ2v) is 8.63. The van der Waals surface area contributed by atoms with Crippen LogP contribution in [0.2, 0.25) is 0 Å². The van der Waals surface area contributed by atoms with E-state index in [1.54, 1.807) is 11.3 Å². The van der Waals surface area contributed by atoms with E-state index < -0.39 is 5.60 Å². The molecule has 1 aromatic rings. The first kappa shape index (κ1) is 17.3. The molecule has 0 radical (unpaired) electrons. The number of fused-ring (bicyclic) bond motifs is 1. The number of hydrogen-bond donors (Lipinski definition) is 0. The largest absolute Gasteiger partial charge is 0.444 e. The fourth-order valence-electron chi connectivity index (χ4n) is 3.59. The lowest BCUT2D eigenvalue weighted by Gasteiger charge is -2.44. The van der Waals surface area contributed by atoms with Crippen LogP contribution < -0.4 is 0 Å². The van der Waals surface area contributed by atoms with E-state index in [0.717, 1.165) is 6.42 Å². The van der Waals surface area contributed by atoms with Gasteiger partial charge in [0.05, 0.1) is 12.1 Å². The average molecular weight is 350 g/mol. The molecule has 0 aliphatic carbocycles. The summed E-state index contributed by atoms with van der Waals surface area (Å²) < 4.78 is 5.64. The average Bonchev–Trinajstić information content (AvgIpc) is 3.01. The fourth-order valence-corrected chi connectivity index (χ4v) is 4.84. The molecule has 0 N–H and O–H groups in total. The lowest BCUT2D eigenvalue weighted by Crippen LogP contribution is -2.55. The Morgan fingerprint density at radius 3 is 2.58 bits per heavy atom. The zero-order valence-corrected chi connectivity index (χ0v) is 15.9. The summed E-state index contributed by atoms with van der Waals surface area (Å²) in [6.45, 7) is 11.0. The van der Waals surface area contributed by atoms with E-state index >= 15 is 0 Å². The summed E-state index contributed by atoms with van der Waals surface area (Å²) in [5, 5.41) is 2.13. The van der Waals surface area contributed by atoms with Crippen LogP contribution in [0.15, 0.2) is 5.38 Å². The van der Waals surface area contributed by atoms with Crippen molar-refractivity contribution in [1.82, 2.24) is 9.80 Å². The Hall–Kier alpha value is -1.56. The highest BCUT2D eigenvalue weighted by molar-refractivity contribution is 7.10. The van der Waals surface area contributed by atoms with Gasteiger partial charge in [0.25, 0.3) is 0 Å². The maximum Gasteiger partial charge on any atom is 0.410 e. The van der Waals surface area contributed by atoms with Crippen LogP contribution in [-0.2, 0) is 9.53 Å². The number of piperazine rings is 1. The number of thiophene rings is 1. The Kier molecular flexibility index (Phi) is 4.36. The smallest absolute Gasteiger partial charge is 0.410 e. The first-order chi connectivity index (χ1) is 11.2. The first-order valence-corrected chi connectivity index (χ1v) is 9.40. The van der Waals surface area contributed by atoms with Gasteiger partial charge in [-0.05, 0) is 57.5 Å². The third-order valence-corrected chi connectivity index (χ3v) is 6.15. The molecule has 2 amide bonds. The predicted molar refractivity (Wildman–Crippen MR) is 94.2 cm³/mol. The van der Waals surface area contributed by atoms with Crippen LogP contribution in [0.1, 0.15) is 55.7 Å². The normalized spacial score (nSPS) is 24.3. The molecule has 2 aliphatic heterocycles. The highest BCUT2D eigenvalue weighted by Crippen LogP contribution is 2.42. The number of carbonyl (C=O) groups excluding carboxylic acids is 2. The van der Waals surface area contributed by atoms with Gasteiger partial charge in [0.1, 0.15) is 5.60 Å². The van der Waals surface area contributed by atoms with E-state index in [9.17, 15) is 9.59 Å². The zero-order chi connectivity index (χ0) is 17.6. The molecule has 132 valence electrons. The van der Waals surface area contributed by atoms with Gasteiger partial charge < -0.3 is 9.64 Å². The predicted octanol–water partition coefficient (Wildman–Crippen LogP) is 3.65. The Balaban J connectivity index is 1.96. The van der Waals surface area contributed by atoms with Crippen LogP contribution >= 0.6 is 11.3 Å². The highest BCUT2D eigenvalue weighted by Gasteiger charge is 2.46. The van der Waals surface area contributed by atoms with Crippen molar-refractivity contribution >= 4 is 23.3 Å². The molecule has 2 fully saturated rings. The monoisotopic (exact) mass is 350 g/mol. The van der Waals surface area contributed by atoms with Crippen molar-refractivity contribution in [3.05, 3.63) is 21.4 Å². The summed E-state index contributed by atoms with van der Waals surface area (Å²) in [6.07, 6.45) is 1.10. The standard InChI is InChI=1S/C18H26N2O3S/c1-11-10-24-16(12(11)2)15-13-6-7-14(21)19(13)8-9-20(15)17(22)23-18(3,4)5/h10,13,15H,6-9H2,1-5H3. The van der Waals surface area contributed by atoms with Gasteiger partial charge >= 0.3 is 6.09 Å². The van der Waals surface area contributed by atoms with Gasteiger partial charge in [-0.25, -0.2) is 4.79 Å². The Morgan fingerprint density at radius 2 is 2.00 bits per heavy atom. The Morgan fingerprint density at radius 1 is 1.29 bits per heavy atom. The maximum absolute atomic E-state index is 12.8. The molecule has 2 aliphatic rings. The number of aryl methyl sites for hydroxylation is 1. The topological polar surface area (TPSA) is 49.9 Å². The van der Waals surface area contributed by atoms with Gasteiger partial charge in [0.2, 0.25) is 5.91 Å². The van der Waals surface area contributed by atoms with Crippen molar-refractivity contribution in [2.24, 2.45) is 0 Å². The molecule has 24 heavy (non-hydrogen) atoms. The summed E-state index contributed by atoms with van der Waals surface area (Å²) in [5.41, 5.74) is 1.94. The van der Waals surface area contributed by atoms with Crippen LogP contribution in [-0.4, -0.2) is 46.5 Å². The van der Waals surface area contributed by atoms with Gasteiger partial charge in [-0.15, -0.1) is 11.3 Å². The van der Waals surface area contributed by atoms with Crippen LogP contribution in [0.5, 0.6) is 0 Å². The minimum atomic E-state index is -0.523. The third-order valence-electron chi connectivity index (χ3n) is 4.88. The number of amides is 2. The SMILES string of the molecule is Cc1csc(C2C3CCC(=O)N3CCN2C(=O)OC(C)(C)C)c1C. The van der Waals surface area contributed by atoms with Crippen molar-refractivity contribution in [2.75, 3.05) is 13.1 Å². The molecule has 2 saturated heterocycles. The molecule has 0 saturated carbocycles. The minimum absolute atomic E-state index is 0.0653. The molecular formula is C18H26N2O3S. The molecule has 0 spiro atoms. The highest BCUT2D eigenvalue weighted by atomic mass is 32.1. The zero-order valence-electron chi connectivity index (χ0n) is 15.1. The van der Waals surface area contributed by atoms with Gasteiger partial charge in [-0.1, -0.05) is 0 Å². The van der Waals surface area contributed by atoms with Crippen LogP contribution in [0.3, 0.4) is 0 Å². The molecule has 2 unspecified atom stereocenters. The van der Waals surface area contributed by atoms with Gasteiger partial charge in [0, 0.05) is 24.4 Å². The van der Waals surface area contributed by atoms with Gasteiger partial charge in [0.15, 0.2) is 0 Å². The summed E-state index contributed by atoms with van der Waals surface area (Å²) in [5.74, 6) is 0.208. The summed E-state index contributed by atoms with van der Waals surface area (Å²) >= 11 is 1.68. The van der Waals surface area contributed by atoms with Gasteiger partial charge in [-0.2, -0.15) is 0 Å². The Bertz CT molecular complexity index is 662. The lowest BCUT2D eigenvalue weighted by molar-refractivity contribution is -0.132. The van der Waals surface area contributed by atoms with E-state index in [1.165, 1.54) is 16.0 Å². The van der Waals surface area contributed by atoms with Gasteiger partial charge in [-0.3, -0.25) is 9.69 Å². The summed E-state index contributed by atoms with van der Waals surface area (Å²) in [7, 11) is 0. The third kappa shape index (κ3) is 3.04. The molecular weight excluding hydrogens is 324 g/mol. The molecule has 0 bridgehead atoms. The number of hydrogen-bond acceptors (Lipinski definition) is 4. The molecule has 3 heterocycles. The lowest BCUT2D eigenvalue weighted by atomic mass is 9.96. The minimum Gasteiger partial charge on any atom is -0.444 e. The van der Waals surface area contributed by atoms with E-state index in [2.05, 4.69) is 19.2 Å². The quantitative estimate of drug-likeness (QED) is 0.777. The van der Waals surface area contributed by atoms with Crippen LogP contribution in [0.4, 0.5) is 4.79 Å². The van der Waals surface area contributed by atoms with E-state index in [1.807, 2.05) is 30.6 Å². The number of nitrogens with zero attached hydrogens (tertiary/aromatic N) is 2. The number of rotatable bonds is 1. The fraction of sp³-hybridized carbons (Fsp3) is 0.667. The van der Waals surface area contributed by atoms with Crippen molar-refractivity contribution in [3.8, 4) is 0 Å². The molecule has 2 atom stereocenters. The molecule has 0 aromatic carbocycles. The summed E-state index contributed by atoms with van der Waals surface area (Å²) in [6, 6.07) is -0.0331. The van der Waals surface area contributed by atoms with Crippen molar-refractivity contribution in [1.29, 1.82) is 0 Å². The Labute approximate surface area is 147 Å². The van der Waals surface area contributed by atoms with Crippen LogP contribution in [0.25, 0.3) is 0 Å². The summed E-state index contributed by atoms with van der Waals surface area (Å²) in [4.78, 5) is 29.9. The number of ether oxygens (including phenoxy) is 1. The molecule has 3 rings (SSSR count). The molecule has 5 nitrogen and oxygen atoms in total. The molecule has 1 aromatic heterocycles. The maximum atomic E-state index is 12.8. The second kappa shape index (κ2) is 6.06. The van der Waals surface area contributed by atoms with Crippen LogP contribution in [0, 0.1) is 13.8 Å². The van der Waals surface area contributed by atoms with Crippen molar-refractivity contribution in [2.45, 2.75) is 65.1 Å². The van der Waals surface area contributed by atoms with Crippen molar-refractivity contribution in [3.63, 3.8) is 0 Å². The van der Waals surface area contributed by atoms with Crippen molar-refractivity contribution < 1.29 is 14.3 Å². The second-order valence-electron chi connectivity index (χ2n) is 7.72. The van der Waals surface area contributed by atoms with E-state index in [-0.39, 0.29) is 24.1 Å². The van der Waals surface area contributed by atoms with E-state index in [0.29, 0.717) is 19.5 Å². The first-order valence-electron chi connectivity index (χ1n) is 8.52. The molecule has 6 heteroatoms.